The monoisotopic (exact) mass is 349 g/mol. The number of carbonyl (C=O) groups excluding carboxylic acids is 1. The van der Waals surface area contributed by atoms with Gasteiger partial charge < -0.3 is 19.6 Å². The van der Waals surface area contributed by atoms with E-state index in [1.165, 1.54) is 9.91 Å². The summed E-state index contributed by atoms with van der Waals surface area (Å²) in [5.74, 6) is -2.70. The van der Waals surface area contributed by atoms with Gasteiger partial charge in [-0.05, 0) is 13.8 Å². The second-order valence-corrected chi connectivity index (χ2v) is 5.74. The van der Waals surface area contributed by atoms with Crippen LogP contribution in [0.15, 0.2) is 21.9 Å². The van der Waals surface area contributed by atoms with E-state index in [0.29, 0.717) is 5.82 Å². The number of amides is 1. The standard InChI is InChI=1S/C14H15N5O6/c1-7(2)18-6-17(4-9-15-5-25-16-9)19-3-8(14(23)24)11(20)12(21)10(19)13(18)22/h3,5,7,21H,4,6H2,1-2H3,(H,23,24). The van der Waals surface area contributed by atoms with Crippen LogP contribution in [0.2, 0.25) is 0 Å². The predicted molar refractivity (Wildman–Crippen MR) is 81.7 cm³/mol. The van der Waals surface area contributed by atoms with Gasteiger partial charge in [0.05, 0.1) is 0 Å². The molecule has 132 valence electrons. The fourth-order valence-corrected chi connectivity index (χ4v) is 2.56. The van der Waals surface area contributed by atoms with E-state index in [9.17, 15) is 19.5 Å². The summed E-state index contributed by atoms with van der Waals surface area (Å²) >= 11 is 0. The molecule has 1 amide bonds. The van der Waals surface area contributed by atoms with Crippen LogP contribution >= 0.6 is 0 Å². The Hall–Kier alpha value is -3.37. The fraction of sp³-hybridized carbons (Fsp3) is 0.357. The lowest BCUT2D eigenvalue weighted by Crippen LogP contribution is -2.56. The van der Waals surface area contributed by atoms with Gasteiger partial charge in [-0.3, -0.25) is 19.3 Å². The highest BCUT2D eigenvalue weighted by molar-refractivity contribution is 5.97. The summed E-state index contributed by atoms with van der Waals surface area (Å²) in [6.07, 6.45) is 2.15. The Kier molecular flexibility index (Phi) is 3.91. The van der Waals surface area contributed by atoms with Crippen molar-refractivity contribution in [2.24, 2.45) is 0 Å². The minimum Gasteiger partial charge on any atom is -0.502 e. The van der Waals surface area contributed by atoms with Crippen LogP contribution in [0.3, 0.4) is 0 Å². The molecular weight excluding hydrogens is 334 g/mol. The molecule has 11 nitrogen and oxygen atoms in total. The van der Waals surface area contributed by atoms with E-state index in [1.807, 2.05) is 0 Å². The van der Waals surface area contributed by atoms with Crippen LogP contribution in [0.5, 0.6) is 5.75 Å². The molecule has 2 N–H and O–H groups in total. The molecule has 0 atom stereocenters. The molecule has 0 bridgehead atoms. The SMILES string of the molecule is CC(C)N1CN(Cc2ncon2)n2cc(C(=O)O)c(=O)c(O)c2C1=O. The van der Waals surface area contributed by atoms with Crippen molar-refractivity contribution >= 4 is 11.9 Å². The average molecular weight is 349 g/mol. The first-order valence-electron chi connectivity index (χ1n) is 7.34. The van der Waals surface area contributed by atoms with E-state index >= 15 is 0 Å². The molecule has 0 saturated carbocycles. The Bertz CT molecular complexity index is 888. The third-order valence-electron chi connectivity index (χ3n) is 3.83. The summed E-state index contributed by atoms with van der Waals surface area (Å²) in [7, 11) is 0. The lowest BCUT2D eigenvalue weighted by Gasteiger charge is -2.40. The second-order valence-electron chi connectivity index (χ2n) is 5.74. The molecule has 0 spiro atoms. The molecule has 1 aliphatic rings. The zero-order valence-corrected chi connectivity index (χ0v) is 13.4. The Balaban J connectivity index is 2.19. The molecule has 0 fully saturated rings. The molecule has 0 unspecified atom stereocenters. The highest BCUT2D eigenvalue weighted by Crippen LogP contribution is 2.23. The summed E-state index contributed by atoms with van der Waals surface area (Å²) in [6.45, 7) is 3.71. The van der Waals surface area contributed by atoms with Crippen LogP contribution < -0.4 is 10.4 Å². The number of nitrogens with zero attached hydrogens (tertiary/aromatic N) is 5. The first-order chi connectivity index (χ1) is 11.8. The lowest BCUT2D eigenvalue weighted by molar-refractivity contribution is 0.0617. The molecule has 0 saturated heterocycles. The van der Waals surface area contributed by atoms with Gasteiger partial charge in [0.25, 0.3) is 5.91 Å². The third-order valence-corrected chi connectivity index (χ3v) is 3.83. The van der Waals surface area contributed by atoms with Gasteiger partial charge in [0, 0.05) is 12.2 Å². The maximum Gasteiger partial charge on any atom is 0.341 e. The van der Waals surface area contributed by atoms with Crippen LogP contribution in [0.4, 0.5) is 0 Å². The molecule has 0 aromatic carbocycles. The van der Waals surface area contributed by atoms with Gasteiger partial charge in [0.15, 0.2) is 17.3 Å². The number of hydrogen-bond acceptors (Lipinski definition) is 8. The number of rotatable bonds is 4. The van der Waals surface area contributed by atoms with Crippen molar-refractivity contribution in [3.8, 4) is 5.75 Å². The third kappa shape index (κ3) is 2.69. The Morgan fingerprint density at radius 3 is 2.68 bits per heavy atom. The molecule has 1 aliphatic heterocycles. The lowest BCUT2D eigenvalue weighted by atomic mass is 10.1. The largest absolute Gasteiger partial charge is 0.502 e. The number of aromatic nitrogens is 3. The molecular formula is C14H15N5O6. The molecule has 25 heavy (non-hydrogen) atoms. The van der Waals surface area contributed by atoms with Crippen molar-refractivity contribution in [1.29, 1.82) is 0 Å². The van der Waals surface area contributed by atoms with Gasteiger partial charge in [-0.25, -0.2) is 4.79 Å². The smallest absolute Gasteiger partial charge is 0.341 e. The molecule has 2 aromatic heterocycles. The minimum absolute atomic E-state index is 0.0708. The van der Waals surface area contributed by atoms with Crippen molar-refractivity contribution in [3.05, 3.63) is 39.9 Å². The normalized spacial score (nSPS) is 14.1. The number of hydrogen-bond donors (Lipinski definition) is 2. The van der Waals surface area contributed by atoms with E-state index < -0.39 is 28.6 Å². The number of aromatic hydroxyl groups is 1. The van der Waals surface area contributed by atoms with Crippen LogP contribution in [0, 0.1) is 0 Å². The maximum atomic E-state index is 12.6. The fourth-order valence-electron chi connectivity index (χ4n) is 2.56. The van der Waals surface area contributed by atoms with Crippen LogP contribution in [0.25, 0.3) is 0 Å². The maximum absolute atomic E-state index is 12.6. The van der Waals surface area contributed by atoms with Crippen molar-refractivity contribution < 1.29 is 24.3 Å². The van der Waals surface area contributed by atoms with E-state index in [1.54, 1.807) is 13.8 Å². The number of pyridine rings is 1. The van der Waals surface area contributed by atoms with Crippen molar-refractivity contribution in [1.82, 2.24) is 19.7 Å². The molecule has 0 radical (unpaired) electrons. The summed E-state index contributed by atoms with van der Waals surface area (Å²) in [5, 5.41) is 24.5. The molecule has 11 heteroatoms. The zero-order chi connectivity index (χ0) is 18.3. The van der Waals surface area contributed by atoms with E-state index in [0.717, 1.165) is 17.3 Å². The number of fused-ring (bicyclic) bond motifs is 1. The summed E-state index contributed by atoms with van der Waals surface area (Å²) in [4.78, 5) is 41.3. The Morgan fingerprint density at radius 2 is 2.12 bits per heavy atom. The first kappa shape index (κ1) is 16.5. The summed E-state index contributed by atoms with van der Waals surface area (Å²) < 4.78 is 5.82. The Labute approximate surface area is 140 Å². The van der Waals surface area contributed by atoms with Crippen molar-refractivity contribution in [3.63, 3.8) is 0 Å². The van der Waals surface area contributed by atoms with Gasteiger partial charge in [-0.15, -0.1) is 0 Å². The van der Waals surface area contributed by atoms with Crippen molar-refractivity contribution in [2.75, 3.05) is 11.7 Å². The highest BCUT2D eigenvalue weighted by Gasteiger charge is 2.35. The quantitative estimate of drug-likeness (QED) is 0.753. The molecule has 0 aliphatic carbocycles. The second kappa shape index (κ2) is 5.92. The number of aromatic carboxylic acids is 1. The first-order valence-corrected chi connectivity index (χ1v) is 7.34. The van der Waals surface area contributed by atoms with Gasteiger partial charge in [-0.2, -0.15) is 4.98 Å². The molecule has 3 rings (SSSR count). The van der Waals surface area contributed by atoms with Gasteiger partial charge in [0.2, 0.25) is 11.8 Å². The number of carboxylic acid groups (broad SMARTS) is 1. The topological polar surface area (TPSA) is 142 Å². The van der Waals surface area contributed by atoms with Crippen LogP contribution in [-0.4, -0.2) is 54.5 Å². The number of carboxylic acids is 1. The predicted octanol–water partition coefficient (Wildman–Crippen LogP) is -0.405. The van der Waals surface area contributed by atoms with E-state index in [2.05, 4.69) is 14.7 Å². The van der Waals surface area contributed by atoms with Crippen molar-refractivity contribution in [2.45, 2.75) is 26.4 Å². The average Bonchev–Trinajstić information content (AvgIpc) is 3.05. The zero-order valence-electron chi connectivity index (χ0n) is 13.4. The van der Waals surface area contributed by atoms with Crippen LogP contribution in [-0.2, 0) is 6.54 Å². The highest BCUT2D eigenvalue weighted by atomic mass is 16.5. The van der Waals surface area contributed by atoms with Gasteiger partial charge in [-0.1, -0.05) is 5.16 Å². The van der Waals surface area contributed by atoms with Crippen LogP contribution in [0.1, 0.15) is 40.5 Å². The molecule has 2 aromatic rings. The summed E-state index contributed by atoms with van der Waals surface area (Å²) in [5.41, 5.74) is -2.07. The van der Waals surface area contributed by atoms with Gasteiger partial charge in [0.1, 0.15) is 18.8 Å². The Morgan fingerprint density at radius 1 is 1.40 bits per heavy atom. The van der Waals surface area contributed by atoms with E-state index in [4.69, 9.17) is 5.11 Å². The van der Waals surface area contributed by atoms with E-state index in [-0.39, 0.29) is 24.9 Å². The molecule has 3 heterocycles. The minimum atomic E-state index is -1.51. The summed E-state index contributed by atoms with van der Waals surface area (Å²) in [6, 6.07) is -0.220. The number of carbonyl (C=O) groups is 2. The van der Waals surface area contributed by atoms with Gasteiger partial charge >= 0.3 is 5.97 Å².